The Kier molecular flexibility index (Phi) is 4.30. The maximum absolute atomic E-state index is 12.7. The molecule has 0 aliphatic heterocycles. The summed E-state index contributed by atoms with van der Waals surface area (Å²) in [4.78, 5) is 15.4. The van der Waals surface area contributed by atoms with Gasteiger partial charge in [0, 0.05) is 11.9 Å². The van der Waals surface area contributed by atoms with E-state index in [1.54, 1.807) is 12.1 Å². The van der Waals surface area contributed by atoms with E-state index in [4.69, 9.17) is 16.3 Å². The minimum Gasteiger partial charge on any atom is -0.481 e. The largest absolute Gasteiger partial charge is 0.481 e. The molecule has 0 unspecified atom stereocenters. The molecule has 0 saturated heterocycles. The van der Waals surface area contributed by atoms with Crippen LogP contribution in [0.5, 0.6) is 5.75 Å². The molecule has 0 radical (unpaired) electrons. The number of nitrogens with one attached hydrogen (secondary N) is 1. The summed E-state index contributed by atoms with van der Waals surface area (Å²) in [6, 6.07) is 8.71. The Labute approximate surface area is 114 Å². The summed E-state index contributed by atoms with van der Waals surface area (Å²) in [6.45, 7) is -0.206. The second-order valence-electron chi connectivity index (χ2n) is 3.64. The minimum atomic E-state index is -0.369. The van der Waals surface area contributed by atoms with Crippen LogP contribution in [0.1, 0.15) is 0 Å². The average Bonchev–Trinajstić information content (AvgIpc) is 2.40. The van der Waals surface area contributed by atoms with E-state index >= 15 is 0 Å². The number of benzene rings is 1. The van der Waals surface area contributed by atoms with Crippen molar-refractivity contribution in [2.75, 3.05) is 11.9 Å². The molecule has 19 heavy (non-hydrogen) atoms. The van der Waals surface area contributed by atoms with E-state index in [0.29, 0.717) is 11.4 Å². The molecule has 0 aliphatic rings. The van der Waals surface area contributed by atoms with E-state index in [1.165, 1.54) is 30.5 Å². The molecular weight excluding hydrogens is 271 g/mol. The molecule has 4 nitrogen and oxygen atoms in total. The number of carbonyl (C=O) groups excluding carboxylic acids is 1. The van der Waals surface area contributed by atoms with Crippen molar-refractivity contribution >= 4 is 23.2 Å². The van der Waals surface area contributed by atoms with Gasteiger partial charge in [0.15, 0.2) is 17.5 Å². The van der Waals surface area contributed by atoms with Crippen molar-refractivity contribution in [1.29, 1.82) is 0 Å². The highest BCUT2D eigenvalue weighted by Crippen LogP contribution is 2.20. The lowest BCUT2D eigenvalue weighted by Gasteiger charge is -2.08. The predicted octanol–water partition coefficient (Wildman–Crippen LogP) is 2.89. The van der Waals surface area contributed by atoms with E-state index < -0.39 is 0 Å². The van der Waals surface area contributed by atoms with E-state index in [-0.39, 0.29) is 23.5 Å². The number of amides is 1. The van der Waals surface area contributed by atoms with Gasteiger partial charge in [-0.3, -0.25) is 4.79 Å². The Morgan fingerprint density at radius 3 is 2.74 bits per heavy atom. The van der Waals surface area contributed by atoms with E-state index in [9.17, 15) is 9.18 Å². The second kappa shape index (κ2) is 6.15. The third-order valence-corrected chi connectivity index (χ3v) is 2.50. The third-order valence-electron chi connectivity index (χ3n) is 2.21. The molecular formula is C13H10ClFN2O2. The van der Waals surface area contributed by atoms with Crippen LogP contribution in [0.3, 0.4) is 0 Å². The Bertz CT molecular complexity index is 575. The van der Waals surface area contributed by atoms with Crippen LogP contribution in [-0.4, -0.2) is 17.5 Å². The summed E-state index contributed by atoms with van der Waals surface area (Å²) in [7, 11) is 0. The van der Waals surface area contributed by atoms with Gasteiger partial charge in [0.2, 0.25) is 0 Å². The molecule has 1 N–H and O–H groups in total. The van der Waals surface area contributed by atoms with Gasteiger partial charge in [-0.15, -0.1) is 0 Å². The molecule has 0 atom stereocenters. The number of halogens is 2. The molecule has 0 aliphatic carbocycles. The van der Waals surface area contributed by atoms with Gasteiger partial charge in [0.05, 0.1) is 0 Å². The van der Waals surface area contributed by atoms with Gasteiger partial charge in [0.25, 0.3) is 5.91 Å². The van der Waals surface area contributed by atoms with E-state index in [2.05, 4.69) is 10.3 Å². The van der Waals surface area contributed by atoms with Crippen LogP contribution in [0.4, 0.5) is 10.1 Å². The fourth-order valence-electron chi connectivity index (χ4n) is 1.35. The molecule has 0 saturated carbocycles. The summed E-state index contributed by atoms with van der Waals surface area (Å²) in [5.41, 5.74) is 0.493. The molecule has 98 valence electrons. The van der Waals surface area contributed by atoms with E-state index in [1.807, 2.05) is 0 Å². The summed E-state index contributed by atoms with van der Waals surface area (Å²) >= 11 is 5.78. The van der Waals surface area contributed by atoms with Gasteiger partial charge >= 0.3 is 0 Å². The van der Waals surface area contributed by atoms with Crippen LogP contribution < -0.4 is 10.1 Å². The molecule has 1 heterocycles. The van der Waals surface area contributed by atoms with Gasteiger partial charge in [-0.05, 0) is 36.4 Å². The van der Waals surface area contributed by atoms with Gasteiger partial charge in [0.1, 0.15) is 5.82 Å². The fourth-order valence-corrected chi connectivity index (χ4v) is 1.53. The Balaban J connectivity index is 1.88. The van der Waals surface area contributed by atoms with Gasteiger partial charge in [-0.1, -0.05) is 11.6 Å². The molecule has 0 fully saturated rings. The van der Waals surface area contributed by atoms with Gasteiger partial charge in [-0.25, -0.2) is 9.37 Å². The van der Waals surface area contributed by atoms with Crippen LogP contribution in [0.2, 0.25) is 5.15 Å². The normalized spacial score (nSPS) is 10.0. The summed E-state index contributed by atoms with van der Waals surface area (Å²) in [5.74, 6) is -0.402. The zero-order valence-electron chi connectivity index (χ0n) is 9.77. The summed E-state index contributed by atoms with van der Waals surface area (Å²) < 4.78 is 17.9. The first-order valence-corrected chi connectivity index (χ1v) is 5.81. The number of hydrogen-bond donors (Lipinski definition) is 1. The highest BCUT2D eigenvalue weighted by Gasteiger charge is 2.06. The summed E-state index contributed by atoms with van der Waals surface area (Å²) in [5, 5.41) is 2.76. The minimum absolute atomic E-state index is 0.192. The standard InChI is InChI=1S/C13H10ClFN2O2/c14-13-11(2-1-7-16-13)19-8-12(18)17-10-5-3-9(15)4-6-10/h1-7H,8H2,(H,17,18). The average molecular weight is 281 g/mol. The number of aromatic nitrogens is 1. The highest BCUT2D eigenvalue weighted by molar-refractivity contribution is 6.30. The predicted molar refractivity (Wildman–Crippen MR) is 69.8 cm³/mol. The van der Waals surface area contributed by atoms with Gasteiger partial charge in [-0.2, -0.15) is 0 Å². The zero-order chi connectivity index (χ0) is 13.7. The van der Waals surface area contributed by atoms with Crippen LogP contribution in [0, 0.1) is 5.82 Å². The van der Waals surface area contributed by atoms with Crippen molar-refractivity contribution in [1.82, 2.24) is 4.98 Å². The first kappa shape index (κ1) is 13.3. The SMILES string of the molecule is O=C(COc1cccnc1Cl)Nc1ccc(F)cc1. The van der Waals surface area contributed by atoms with Crippen LogP contribution in [0.25, 0.3) is 0 Å². The molecule has 1 amide bonds. The molecule has 2 rings (SSSR count). The first-order chi connectivity index (χ1) is 9.15. The number of rotatable bonds is 4. The number of carbonyl (C=O) groups is 1. The molecule has 1 aromatic carbocycles. The molecule has 0 spiro atoms. The lowest BCUT2D eigenvalue weighted by atomic mass is 10.3. The third kappa shape index (κ3) is 3.93. The number of anilines is 1. The molecule has 2 aromatic rings. The fraction of sp³-hybridized carbons (Fsp3) is 0.0769. The molecule has 0 bridgehead atoms. The van der Waals surface area contributed by atoms with Crippen molar-refractivity contribution in [3.05, 3.63) is 53.6 Å². The number of nitrogens with zero attached hydrogens (tertiary/aromatic N) is 1. The Morgan fingerprint density at radius 1 is 1.32 bits per heavy atom. The quantitative estimate of drug-likeness (QED) is 0.876. The van der Waals surface area contributed by atoms with Crippen molar-refractivity contribution in [3.8, 4) is 5.75 Å². The second-order valence-corrected chi connectivity index (χ2v) is 3.99. The van der Waals surface area contributed by atoms with Crippen molar-refractivity contribution < 1.29 is 13.9 Å². The van der Waals surface area contributed by atoms with Crippen molar-refractivity contribution in [3.63, 3.8) is 0 Å². The lowest BCUT2D eigenvalue weighted by Crippen LogP contribution is -2.20. The van der Waals surface area contributed by atoms with Crippen molar-refractivity contribution in [2.45, 2.75) is 0 Å². The smallest absolute Gasteiger partial charge is 0.262 e. The number of pyridine rings is 1. The summed E-state index contributed by atoms with van der Waals surface area (Å²) in [6.07, 6.45) is 1.52. The van der Waals surface area contributed by atoms with Crippen LogP contribution in [-0.2, 0) is 4.79 Å². The van der Waals surface area contributed by atoms with Crippen LogP contribution in [0.15, 0.2) is 42.6 Å². The number of hydrogen-bond acceptors (Lipinski definition) is 3. The topological polar surface area (TPSA) is 51.2 Å². The lowest BCUT2D eigenvalue weighted by molar-refractivity contribution is -0.118. The monoisotopic (exact) mass is 280 g/mol. The zero-order valence-corrected chi connectivity index (χ0v) is 10.5. The maximum Gasteiger partial charge on any atom is 0.262 e. The van der Waals surface area contributed by atoms with E-state index in [0.717, 1.165) is 0 Å². The Morgan fingerprint density at radius 2 is 2.05 bits per heavy atom. The molecule has 6 heteroatoms. The van der Waals surface area contributed by atoms with Gasteiger partial charge < -0.3 is 10.1 Å². The first-order valence-electron chi connectivity index (χ1n) is 5.44. The van der Waals surface area contributed by atoms with Crippen LogP contribution >= 0.6 is 11.6 Å². The number of ether oxygens (including phenoxy) is 1. The molecule has 1 aromatic heterocycles. The maximum atomic E-state index is 12.7. The highest BCUT2D eigenvalue weighted by atomic mass is 35.5. The Hall–Kier alpha value is -2.14. The van der Waals surface area contributed by atoms with Crippen molar-refractivity contribution in [2.24, 2.45) is 0 Å².